The molecule has 2 fully saturated rings. The van der Waals surface area contributed by atoms with E-state index >= 15 is 0 Å². The van der Waals surface area contributed by atoms with Crippen molar-refractivity contribution in [3.05, 3.63) is 29.6 Å². The monoisotopic (exact) mass is 289 g/mol. The average molecular weight is 289 g/mol. The van der Waals surface area contributed by atoms with Crippen LogP contribution in [-0.2, 0) is 10.3 Å². The van der Waals surface area contributed by atoms with Crippen LogP contribution in [0.2, 0.25) is 0 Å². The normalized spacial score (nSPS) is 31.9. The molecule has 0 radical (unpaired) electrons. The van der Waals surface area contributed by atoms with E-state index in [0.29, 0.717) is 24.1 Å². The predicted octanol–water partition coefficient (Wildman–Crippen LogP) is 1.43. The van der Waals surface area contributed by atoms with Crippen LogP contribution >= 0.6 is 0 Å². The zero-order valence-corrected chi connectivity index (χ0v) is 12.5. The number of hydrogen-bond donors (Lipinski definition) is 2. The molecule has 5 heteroatoms. The molecule has 1 aromatic rings. The summed E-state index contributed by atoms with van der Waals surface area (Å²) in [5.74, 6) is 0.392. The Morgan fingerprint density at radius 2 is 2.19 bits per heavy atom. The fraction of sp³-hybridized carbons (Fsp3) is 0.625. The number of ether oxygens (including phenoxy) is 1. The van der Waals surface area contributed by atoms with E-state index in [0.717, 1.165) is 31.5 Å². The smallest absolute Gasteiger partial charge is 0.267 e. The minimum absolute atomic E-state index is 0.300. The van der Waals surface area contributed by atoms with Crippen LogP contribution in [0.3, 0.4) is 0 Å². The number of rotatable bonds is 4. The third kappa shape index (κ3) is 2.34. The molecular weight excluding hydrogens is 266 g/mol. The van der Waals surface area contributed by atoms with Crippen LogP contribution < -0.4 is 11.1 Å². The molecule has 114 valence electrons. The molecule has 1 aromatic heterocycles. The number of fused-ring (bicyclic) bond motifs is 2. The fourth-order valence-corrected chi connectivity index (χ4v) is 4.15. The Bertz CT molecular complexity index is 510. The number of carbonyl (C=O) groups excluding carboxylic acids is 1. The summed E-state index contributed by atoms with van der Waals surface area (Å²) in [6, 6.07) is 3.81. The number of nitrogens with two attached hydrogens (primary N) is 1. The van der Waals surface area contributed by atoms with Crippen molar-refractivity contribution in [2.24, 2.45) is 17.6 Å². The second-order valence-electron chi connectivity index (χ2n) is 6.00. The standard InChI is InChI=1S/C16H23N3O2/c1-2-21-16(11-6-7-19-14(8-11)15(17)20)12-4-3-5-13(16)10-18-9-12/h6-8,12-13,18H,2-5,9-10H2,1H3,(H2,17,20). The molecule has 0 spiro atoms. The zero-order valence-electron chi connectivity index (χ0n) is 12.5. The summed E-state index contributed by atoms with van der Waals surface area (Å²) < 4.78 is 6.34. The van der Waals surface area contributed by atoms with Crippen LogP contribution in [0.1, 0.15) is 42.2 Å². The van der Waals surface area contributed by atoms with Crippen molar-refractivity contribution < 1.29 is 9.53 Å². The number of nitrogens with zero attached hydrogens (tertiary/aromatic N) is 1. The molecule has 3 rings (SSSR count). The third-order valence-corrected chi connectivity index (χ3v) is 4.95. The fourth-order valence-electron chi connectivity index (χ4n) is 4.15. The maximum absolute atomic E-state index is 11.5. The maximum Gasteiger partial charge on any atom is 0.267 e. The van der Waals surface area contributed by atoms with E-state index in [4.69, 9.17) is 10.5 Å². The largest absolute Gasteiger partial charge is 0.370 e. The van der Waals surface area contributed by atoms with Crippen molar-refractivity contribution in [1.29, 1.82) is 0 Å². The Morgan fingerprint density at radius 3 is 2.81 bits per heavy atom. The lowest BCUT2D eigenvalue weighted by atomic mass is 9.63. The van der Waals surface area contributed by atoms with Crippen LogP contribution in [0.5, 0.6) is 0 Å². The van der Waals surface area contributed by atoms with Gasteiger partial charge in [-0.15, -0.1) is 0 Å². The van der Waals surface area contributed by atoms with Gasteiger partial charge in [0, 0.05) is 37.7 Å². The molecule has 1 aliphatic heterocycles. The SMILES string of the molecule is CCOC1(c2ccnc(C(N)=O)c2)C2CCCC1CNC2. The molecule has 2 heterocycles. The van der Waals surface area contributed by atoms with Gasteiger partial charge >= 0.3 is 0 Å². The summed E-state index contributed by atoms with van der Waals surface area (Å²) in [7, 11) is 0. The van der Waals surface area contributed by atoms with Gasteiger partial charge < -0.3 is 15.8 Å². The zero-order chi connectivity index (χ0) is 14.9. The lowest BCUT2D eigenvalue weighted by molar-refractivity contribution is -0.161. The summed E-state index contributed by atoms with van der Waals surface area (Å²) in [5.41, 5.74) is 6.47. The van der Waals surface area contributed by atoms with Crippen LogP contribution in [0.15, 0.2) is 18.3 Å². The molecule has 2 unspecified atom stereocenters. The Labute approximate surface area is 125 Å². The van der Waals surface area contributed by atoms with E-state index in [1.165, 1.54) is 6.42 Å². The summed E-state index contributed by atoms with van der Waals surface area (Å²) in [6.45, 7) is 4.63. The van der Waals surface area contributed by atoms with Crippen molar-refractivity contribution in [2.75, 3.05) is 19.7 Å². The van der Waals surface area contributed by atoms with Crippen molar-refractivity contribution >= 4 is 5.91 Å². The van der Waals surface area contributed by atoms with E-state index in [9.17, 15) is 4.79 Å². The maximum atomic E-state index is 11.5. The minimum atomic E-state index is -0.484. The molecule has 1 saturated carbocycles. The summed E-state index contributed by atoms with van der Waals surface area (Å²) in [5, 5.41) is 3.52. The van der Waals surface area contributed by atoms with Gasteiger partial charge in [-0.25, -0.2) is 0 Å². The molecule has 21 heavy (non-hydrogen) atoms. The second-order valence-corrected chi connectivity index (χ2v) is 6.00. The first-order chi connectivity index (χ1) is 10.2. The molecule has 5 nitrogen and oxygen atoms in total. The van der Waals surface area contributed by atoms with E-state index in [1.54, 1.807) is 6.20 Å². The number of primary amides is 1. The Balaban J connectivity index is 2.08. The molecule has 2 bridgehead atoms. The van der Waals surface area contributed by atoms with E-state index in [2.05, 4.69) is 10.3 Å². The number of carbonyl (C=O) groups is 1. The van der Waals surface area contributed by atoms with Gasteiger partial charge in [0.2, 0.25) is 0 Å². The van der Waals surface area contributed by atoms with Gasteiger partial charge in [0.1, 0.15) is 11.3 Å². The number of nitrogens with one attached hydrogen (secondary N) is 1. The highest BCUT2D eigenvalue weighted by atomic mass is 16.5. The van der Waals surface area contributed by atoms with Gasteiger partial charge in [-0.05, 0) is 37.5 Å². The van der Waals surface area contributed by atoms with Crippen LogP contribution in [0.25, 0.3) is 0 Å². The van der Waals surface area contributed by atoms with Gasteiger partial charge in [0.05, 0.1) is 0 Å². The lowest BCUT2D eigenvalue weighted by Crippen LogP contribution is -2.58. The van der Waals surface area contributed by atoms with Crippen molar-refractivity contribution in [3.8, 4) is 0 Å². The van der Waals surface area contributed by atoms with Gasteiger partial charge in [-0.3, -0.25) is 9.78 Å². The molecule has 0 aromatic carbocycles. The molecule has 1 amide bonds. The van der Waals surface area contributed by atoms with Crippen molar-refractivity contribution in [1.82, 2.24) is 10.3 Å². The number of aromatic nitrogens is 1. The van der Waals surface area contributed by atoms with Crippen LogP contribution in [0, 0.1) is 11.8 Å². The van der Waals surface area contributed by atoms with Gasteiger partial charge in [0.25, 0.3) is 5.91 Å². The average Bonchev–Trinajstić information content (AvgIpc) is 2.47. The highest BCUT2D eigenvalue weighted by Gasteiger charge is 2.51. The molecule has 3 N–H and O–H groups in total. The first-order valence-electron chi connectivity index (χ1n) is 7.79. The molecule has 1 aliphatic carbocycles. The molecule has 2 atom stereocenters. The van der Waals surface area contributed by atoms with Crippen molar-refractivity contribution in [2.45, 2.75) is 31.8 Å². The van der Waals surface area contributed by atoms with Gasteiger partial charge in [-0.1, -0.05) is 6.42 Å². The minimum Gasteiger partial charge on any atom is -0.370 e. The molecule has 2 aliphatic rings. The molecule has 1 saturated heterocycles. The Hall–Kier alpha value is -1.46. The number of piperidine rings is 1. The molecular formula is C16H23N3O2. The summed E-state index contributed by atoms with van der Waals surface area (Å²) >= 11 is 0. The van der Waals surface area contributed by atoms with Crippen LogP contribution in [-0.4, -0.2) is 30.6 Å². The summed E-state index contributed by atoms with van der Waals surface area (Å²) in [6.07, 6.45) is 5.23. The number of pyridine rings is 1. The Kier molecular flexibility index (Phi) is 3.95. The lowest BCUT2D eigenvalue weighted by Gasteiger charge is -2.53. The number of amides is 1. The first-order valence-corrected chi connectivity index (χ1v) is 7.79. The van der Waals surface area contributed by atoms with E-state index < -0.39 is 5.91 Å². The van der Waals surface area contributed by atoms with Crippen molar-refractivity contribution in [3.63, 3.8) is 0 Å². The third-order valence-electron chi connectivity index (χ3n) is 4.95. The van der Waals surface area contributed by atoms with Crippen LogP contribution in [0.4, 0.5) is 0 Å². The summed E-state index contributed by atoms with van der Waals surface area (Å²) in [4.78, 5) is 15.5. The highest BCUT2D eigenvalue weighted by molar-refractivity contribution is 5.90. The van der Waals surface area contributed by atoms with E-state index in [-0.39, 0.29) is 5.60 Å². The first kappa shape index (κ1) is 14.5. The van der Waals surface area contributed by atoms with Gasteiger partial charge in [0.15, 0.2) is 0 Å². The van der Waals surface area contributed by atoms with Gasteiger partial charge in [-0.2, -0.15) is 0 Å². The highest BCUT2D eigenvalue weighted by Crippen LogP contribution is 2.50. The van der Waals surface area contributed by atoms with E-state index in [1.807, 2.05) is 19.1 Å². The topological polar surface area (TPSA) is 77.2 Å². The number of hydrogen-bond acceptors (Lipinski definition) is 4. The quantitative estimate of drug-likeness (QED) is 0.879. The Morgan fingerprint density at radius 1 is 1.48 bits per heavy atom. The second kappa shape index (κ2) is 5.73. The predicted molar refractivity (Wildman–Crippen MR) is 79.8 cm³/mol.